The van der Waals surface area contributed by atoms with Crippen LogP contribution in [0.15, 0.2) is 72.9 Å². The van der Waals surface area contributed by atoms with Crippen LogP contribution in [0.5, 0.6) is 0 Å². The third kappa shape index (κ3) is 14.0. The van der Waals surface area contributed by atoms with Crippen molar-refractivity contribution in [2.24, 2.45) is 0 Å². The van der Waals surface area contributed by atoms with Crippen molar-refractivity contribution in [3.8, 4) is 0 Å². The van der Waals surface area contributed by atoms with Crippen molar-refractivity contribution in [1.82, 2.24) is 5.32 Å². The molecule has 0 unspecified atom stereocenters. The zero-order valence-electron chi connectivity index (χ0n) is 12.5. The van der Waals surface area contributed by atoms with E-state index in [4.69, 9.17) is 0 Å². The van der Waals surface area contributed by atoms with Crippen LogP contribution in [-0.4, -0.2) is 12.5 Å². The van der Waals surface area contributed by atoms with Gasteiger partial charge in [-0.15, -0.1) is 0 Å². The van der Waals surface area contributed by atoms with Crippen LogP contribution in [-0.2, 0) is 4.79 Å². The summed E-state index contributed by atoms with van der Waals surface area (Å²) in [6, 6.07) is 0. The van der Waals surface area contributed by atoms with Gasteiger partial charge in [0.15, 0.2) is 0 Å². The first-order valence-corrected chi connectivity index (χ1v) is 6.86. The molecule has 0 saturated heterocycles. The van der Waals surface area contributed by atoms with E-state index in [-0.39, 0.29) is 5.91 Å². The summed E-state index contributed by atoms with van der Waals surface area (Å²) >= 11 is 0. The summed E-state index contributed by atoms with van der Waals surface area (Å²) in [5.41, 5.74) is 0.942. The van der Waals surface area contributed by atoms with Crippen molar-refractivity contribution < 1.29 is 4.79 Å². The second kappa shape index (κ2) is 13.3. The predicted molar refractivity (Wildman–Crippen MR) is 88.4 cm³/mol. The third-order valence-corrected chi connectivity index (χ3v) is 2.22. The van der Waals surface area contributed by atoms with Gasteiger partial charge in [-0.3, -0.25) is 4.79 Å². The SMILES string of the molecule is C=C(C)CNC(=O)/C=C/C=C/CC/C=C/C=C/C=C/C. The van der Waals surface area contributed by atoms with E-state index in [0.29, 0.717) is 6.54 Å². The normalized spacial score (nSPS) is 12.5. The fourth-order valence-electron chi connectivity index (χ4n) is 1.22. The molecule has 0 bridgehead atoms. The molecule has 0 rings (SSSR count). The summed E-state index contributed by atoms with van der Waals surface area (Å²) in [4.78, 5) is 11.3. The molecular formula is C18H25NO. The number of carbonyl (C=O) groups excluding carboxylic acids is 1. The molecule has 1 amide bonds. The van der Waals surface area contributed by atoms with Crippen LogP contribution < -0.4 is 5.32 Å². The number of carbonyl (C=O) groups is 1. The van der Waals surface area contributed by atoms with Crippen LogP contribution in [0.4, 0.5) is 0 Å². The van der Waals surface area contributed by atoms with Crippen molar-refractivity contribution in [3.63, 3.8) is 0 Å². The van der Waals surface area contributed by atoms with E-state index in [1.165, 1.54) is 6.08 Å². The van der Waals surface area contributed by atoms with E-state index in [1.54, 1.807) is 6.08 Å². The minimum absolute atomic E-state index is 0.0911. The summed E-state index contributed by atoms with van der Waals surface area (Å²) < 4.78 is 0. The second-order valence-electron chi connectivity index (χ2n) is 4.38. The Morgan fingerprint density at radius 2 is 1.60 bits per heavy atom. The average molecular weight is 271 g/mol. The predicted octanol–water partition coefficient (Wildman–Crippen LogP) is 4.26. The first-order chi connectivity index (χ1) is 9.66. The van der Waals surface area contributed by atoms with Gasteiger partial charge >= 0.3 is 0 Å². The number of allylic oxidation sites excluding steroid dienone is 9. The quantitative estimate of drug-likeness (QED) is 0.289. The summed E-state index contributed by atoms with van der Waals surface area (Å²) in [7, 11) is 0. The van der Waals surface area contributed by atoms with Crippen molar-refractivity contribution in [2.75, 3.05) is 6.54 Å². The summed E-state index contributed by atoms with van der Waals surface area (Å²) in [5, 5.41) is 2.73. The molecule has 0 radical (unpaired) electrons. The lowest BCUT2D eigenvalue weighted by molar-refractivity contribution is -0.116. The fourth-order valence-corrected chi connectivity index (χ4v) is 1.22. The minimum atomic E-state index is -0.0911. The second-order valence-corrected chi connectivity index (χ2v) is 4.38. The minimum Gasteiger partial charge on any atom is -0.349 e. The van der Waals surface area contributed by atoms with Crippen molar-refractivity contribution >= 4 is 5.91 Å². The molecule has 0 atom stereocenters. The van der Waals surface area contributed by atoms with Crippen molar-refractivity contribution in [3.05, 3.63) is 72.9 Å². The Morgan fingerprint density at radius 3 is 2.20 bits per heavy atom. The molecule has 20 heavy (non-hydrogen) atoms. The van der Waals surface area contributed by atoms with Gasteiger partial charge in [-0.25, -0.2) is 0 Å². The average Bonchev–Trinajstić information content (AvgIpc) is 2.42. The number of rotatable bonds is 9. The van der Waals surface area contributed by atoms with E-state index >= 15 is 0 Å². The van der Waals surface area contributed by atoms with Gasteiger partial charge in [-0.1, -0.05) is 66.8 Å². The lowest BCUT2D eigenvalue weighted by Gasteiger charge is -1.98. The fraction of sp³-hybridized carbons (Fsp3) is 0.278. The van der Waals surface area contributed by atoms with Crippen LogP contribution in [0.3, 0.4) is 0 Å². The topological polar surface area (TPSA) is 29.1 Å². The number of unbranched alkanes of at least 4 members (excludes halogenated alkanes) is 1. The highest BCUT2D eigenvalue weighted by Crippen LogP contribution is 1.94. The summed E-state index contributed by atoms with van der Waals surface area (Å²) in [5.74, 6) is -0.0911. The smallest absolute Gasteiger partial charge is 0.244 e. The molecule has 0 aliphatic carbocycles. The first-order valence-electron chi connectivity index (χ1n) is 6.86. The Balaban J connectivity index is 3.70. The maximum Gasteiger partial charge on any atom is 0.244 e. The third-order valence-electron chi connectivity index (χ3n) is 2.22. The summed E-state index contributed by atoms with van der Waals surface area (Å²) in [6.45, 7) is 8.12. The highest BCUT2D eigenvalue weighted by atomic mass is 16.1. The largest absolute Gasteiger partial charge is 0.349 e. The molecule has 0 aliphatic rings. The Labute approximate surface area is 123 Å². The molecule has 0 saturated carbocycles. The molecule has 0 aromatic rings. The maximum absolute atomic E-state index is 11.3. The number of hydrogen-bond acceptors (Lipinski definition) is 1. The van der Waals surface area contributed by atoms with Crippen LogP contribution in [0.25, 0.3) is 0 Å². The molecule has 2 nitrogen and oxygen atoms in total. The Hall–Kier alpha value is -2.09. The molecule has 0 heterocycles. The molecule has 108 valence electrons. The van der Waals surface area contributed by atoms with E-state index in [2.05, 4.69) is 18.0 Å². The zero-order chi connectivity index (χ0) is 15.1. The van der Waals surface area contributed by atoms with Gasteiger partial charge in [0, 0.05) is 12.6 Å². The summed E-state index contributed by atoms with van der Waals surface area (Å²) in [6.07, 6.45) is 21.3. The van der Waals surface area contributed by atoms with Gasteiger partial charge in [0.1, 0.15) is 0 Å². The highest BCUT2D eigenvalue weighted by molar-refractivity contribution is 5.87. The molecular weight excluding hydrogens is 246 g/mol. The molecule has 0 aromatic carbocycles. The van der Waals surface area contributed by atoms with Crippen molar-refractivity contribution in [1.29, 1.82) is 0 Å². The van der Waals surface area contributed by atoms with Gasteiger partial charge in [-0.2, -0.15) is 0 Å². The molecule has 0 spiro atoms. The van der Waals surface area contributed by atoms with Gasteiger partial charge in [0.05, 0.1) is 0 Å². The van der Waals surface area contributed by atoms with Crippen LogP contribution >= 0.6 is 0 Å². The van der Waals surface area contributed by atoms with Crippen LogP contribution in [0, 0.1) is 0 Å². The van der Waals surface area contributed by atoms with E-state index in [0.717, 1.165) is 18.4 Å². The molecule has 1 N–H and O–H groups in total. The number of hydrogen-bond donors (Lipinski definition) is 1. The molecule has 0 aliphatic heterocycles. The lowest BCUT2D eigenvalue weighted by atomic mass is 10.2. The highest BCUT2D eigenvalue weighted by Gasteiger charge is 1.91. The molecule has 2 heteroatoms. The van der Waals surface area contributed by atoms with Gasteiger partial charge < -0.3 is 5.32 Å². The maximum atomic E-state index is 11.3. The van der Waals surface area contributed by atoms with Crippen molar-refractivity contribution in [2.45, 2.75) is 26.7 Å². The molecule has 0 aromatic heterocycles. The van der Waals surface area contributed by atoms with Crippen LogP contribution in [0.2, 0.25) is 0 Å². The Kier molecular flexibility index (Phi) is 11.9. The standard InChI is InChI=1S/C18H25NO/c1-4-5-6-7-8-9-10-11-12-13-14-15-18(20)19-16-17(2)3/h4-9,12-15H,2,10-11,16H2,1,3H3,(H,19,20)/b5-4+,7-6+,9-8+,13-12+,15-14+. The van der Waals surface area contributed by atoms with Gasteiger partial charge in [0.2, 0.25) is 5.91 Å². The molecule has 0 fully saturated rings. The zero-order valence-corrected chi connectivity index (χ0v) is 12.5. The van der Waals surface area contributed by atoms with Gasteiger partial charge in [-0.05, 0) is 26.7 Å². The number of amides is 1. The monoisotopic (exact) mass is 271 g/mol. The Bertz CT molecular complexity index is 423. The van der Waals surface area contributed by atoms with E-state index < -0.39 is 0 Å². The van der Waals surface area contributed by atoms with E-state index in [1.807, 2.05) is 56.4 Å². The first kappa shape index (κ1) is 17.9. The number of nitrogens with one attached hydrogen (secondary N) is 1. The lowest BCUT2D eigenvalue weighted by Crippen LogP contribution is -2.22. The van der Waals surface area contributed by atoms with Crippen LogP contribution in [0.1, 0.15) is 26.7 Å². The Morgan fingerprint density at radius 1 is 1.00 bits per heavy atom. The van der Waals surface area contributed by atoms with Gasteiger partial charge in [0.25, 0.3) is 0 Å². The van der Waals surface area contributed by atoms with E-state index in [9.17, 15) is 4.79 Å².